The van der Waals surface area contributed by atoms with Crippen molar-refractivity contribution in [2.45, 2.75) is 18.9 Å². The molecule has 31 heavy (non-hydrogen) atoms. The lowest BCUT2D eigenvalue weighted by molar-refractivity contribution is -0.119. The molecule has 1 fully saturated rings. The number of H-pyrrole nitrogens is 1. The van der Waals surface area contributed by atoms with Crippen LogP contribution < -0.4 is 26.4 Å². The van der Waals surface area contributed by atoms with Crippen LogP contribution in [-0.4, -0.2) is 41.6 Å². The van der Waals surface area contributed by atoms with Crippen molar-refractivity contribution in [2.75, 3.05) is 35.6 Å². The standard InChI is InChI=1S/C22H22N6O3/c23-21(29)15-2-1-6-28(15)12-9-14-18-17(10-12)30-7-5-25-20(18)19(26-14)11-3-4-16-13(8-11)27-22(24)31-16/h3-4,8-10,15,25-26H,1-2,5-7H2,(H2,23,29)(H2,24,27)/t15-/m0/s1. The number of amides is 1. The third-order valence-electron chi connectivity index (χ3n) is 6.11. The highest BCUT2D eigenvalue weighted by Crippen LogP contribution is 2.44. The van der Waals surface area contributed by atoms with E-state index in [4.69, 9.17) is 20.6 Å². The lowest BCUT2D eigenvalue weighted by Crippen LogP contribution is -2.40. The number of ether oxygens (including phenoxy) is 1. The first-order valence-corrected chi connectivity index (χ1v) is 10.4. The number of primary amides is 1. The molecular formula is C22H22N6O3. The van der Waals surface area contributed by atoms with Gasteiger partial charge in [-0.1, -0.05) is 0 Å². The maximum absolute atomic E-state index is 11.9. The number of aromatic amines is 1. The maximum atomic E-state index is 11.9. The molecule has 0 radical (unpaired) electrons. The molecule has 1 saturated heterocycles. The molecule has 1 atom stereocenters. The molecule has 4 heterocycles. The summed E-state index contributed by atoms with van der Waals surface area (Å²) in [5.74, 6) is 0.496. The van der Waals surface area contributed by atoms with E-state index in [9.17, 15) is 4.79 Å². The number of anilines is 3. The Morgan fingerprint density at radius 3 is 3.03 bits per heavy atom. The summed E-state index contributed by atoms with van der Waals surface area (Å²) >= 11 is 0. The van der Waals surface area contributed by atoms with Crippen molar-refractivity contribution in [3.63, 3.8) is 0 Å². The molecule has 4 aromatic rings. The predicted molar refractivity (Wildman–Crippen MR) is 119 cm³/mol. The lowest BCUT2D eigenvalue weighted by atomic mass is 10.1. The molecule has 0 unspecified atom stereocenters. The zero-order chi connectivity index (χ0) is 21.1. The first-order valence-electron chi connectivity index (χ1n) is 10.4. The van der Waals surface area contributed by atoms with Gasteiger partial charge in [0.15, 0.2) is 5.58 Å². The Morgan fingerprint density at radius 2 is 2.16 bits per heavy atom. The zero-order valence-electron chi connectivity index (χ0n) is 16.8. The van der Waals surface area contributed by atoms with Crippen LogP contribution in [0.1, 0.15) is 12.8 Å². The molecule has 6 rings (SSSR count). The normalized spacial score (nSPS) is 18.2. The highest BCUT2D eigenvalue weighted by molar-refractivity contribution is 6.07. The molecule has 0 aliphatic carbocycles. The number of aromatic nitrogens is 2. The summed E-state index contributed by atoms with van der Waals surface area (Å²) in [5.41, 5.74) is 17.5. The maximum Gasteiger partial charge on any atom is 0.292 e. The topological polar surface area (TPSA) is 135 Å². The van der Waals surface area contributed by atoms with Crippen molar-refractivity contribution in [2.24, 2.45) is 5.73 Å². The summed E-state index contributed by atoms with van der Waals surface area (Å²) in [6.07, 6.45) is 1.71. The number of nitrogens with zero attached hydrogens (tertiary/aromatic N) is 2. The number of oxazole rings is 1. The third-order valence-corrected chi connectivity index (χ3v) is 6.11. The van der Waals surface area contributed by atoms with Crippen molar-refractivity contribution in [3.05, 3.63) is 30.3 Å². The van der Waals surface area contributed by atoms with Gasteiger partial charge in [-0.25, -0.2) is 0 Å². The SMILES string of the molecule is NC(=O)[C@@H]1CCCN1c1cc2c3c(c(-c4ccc5oc(N)nc5c4)[nH]c3c1)NCCO2. The smallest absolute Gasteiger partial charge is 0.292 e. The molecule has 0 saturated carbocycles. The number of hydrogen-bond donors (Lipinski definition) is 4. The van der Waals surface area contributed by atoms with Gasteiger partial charge in [-0.15, -0.1) is 0 Å². The van der Waals surface area contributed by atoms with Crippen LogP contribution in [0.15, 0.2) is 34.7 Å². The molecule has 2 aliphatic rings. The van der Waals surface area contributed by atoms with Crippen molar-refractivity contribution in [1.82, 2.24) is 9.97 Å². The average Bonchev–Trinajstić information content (AvgIpc) is 3.42. The van der Waals surface area contributed by atoms with E-state index in [2.05, 4.69) is 26.3 Å². The Balaban J connectivity index is 1.53. The van der Waals surface area contributed by atoms with E-state index in [1.807, 2.05) is 24.3 Å². The van der Waals surface area contributed by atoms with E-state index in [1.54, 1.807) is 0 Å². The van der Waals surface area contributed by atoms with Crippen LogP contribution >= 0.6 is 0 Å². The van der Waals surface area contributed by atoms with E-state index in [-0.39, 0.29) is 18.0 Å². The van der Waals surface area contributed by atoms with Crippen molar-refractivity contribution in [1.29, 1.82) is 0 Å². The number of rotatable bonds is 3. The summed E-state index contributed by atoms with van der Waals surface area (Å²) in [7, 11) is 0. The van der Waals surface area contributed by atoms with Crippen LogP contribution in [0.4, 0.5) is 17.4 Å². The second kappa shape index (κ2) is 6.56. The van der Waals surface area contributed by atoms with Crippen LogP contribution in [0.25, 0.3) is 33.3 Å². The summed E-state index contributed by atoms with van der Waals surface area (Å²) in [6.45, 7) is 2.02. The number of carbonyl (C=O) groups is 1. The van der Waals surface area contributed by atoms with E-state index < -0.39 is 0 Å². The summed E-state index contributed by atoms with van der Waals surface area (Å²) in [5, 5.41) is 4.48. The zero-order valence-corrected chi connectivity index (χ0v) is 16.8. The Bertz CT molecular complexity index is 1340. The quantitative estimate of drug-likeness (QED) is 0.402. The number of nitrogens with one attached hydrogen (secondary N) is 2. The molecule has 2 aliphatic heterocycles. The number of nitrogen functional groups attached to an aromatic ring is 1. The summed E-state index contributed by atoms with van der Waals surface area (Å²) < 4.78 is 11.5. The molecule has 2 aromatic heterocycles. The monoisotopic (exact) mass is 418 g/mol. The summed E-state index contributed by atoms with van der Waals surface area (Å²) in [4.78, 5) is 21.8. The molecule has 0 bridgehead atoms. The molecule has 1 amide bonds. The first-order chi connectivity index (χ1) is 15.1. The Morgan fingerprint density at radius 1 is 1.26 bits per heavy atom. The van der Waals surface area contributed by atoms with E-state index in [1.165, 1.54) is 0 Å². The third kappa shape index (κ3) is 2.77. The van der Waals surface area contributed by atoms with Gasteiger partial charge in [0.25, 0.3) is 6.01 Å². The first kappa shape index (κ1) is 17.9. The molecule has 2 aromatic carbocycles. The van der Waals surface area contributed by atoms with Crippen molar-refractivity contribution in [3.8, 4) is 17.0 Å². The molecule has 158 valence electrons. The van der Waals surface area contributed by atoms with Gasteiger partial charge in [-0.05, 0) is 37.1 Å². The van der Waals surface area contributed by atoms with Gasteiger partial charge in [0.1, 0.15) is 23.9 Å². The van der Waals surface area contributed by atoms with Gasteiger partial charge in [0, 0.05) is 30.4 Å². The number of carbonyl (C=O) groups excluding carboxylic acids is 1. The van der Waals surface area contributed by atoms with Crippen molar-refractivity contribution < 1.29 is 13.9 Å². The number of hydrogen-bond acceptors (Lipinski definition) is 7. The fraction of sp³-hybridized carbons (Fsp3) is 0.273. The highest BCUT2D eigenvalue weighted by Gasteiger charge is 2.31. The minimum Gasteiger partial charge on any atom is -0.491 e. The molecule has 0 spiro atoms. The Labute approximate surface area is 177 Å². The fourth-order valence-corrected chi connectivity index (χ4v) is 4.76. The van der Waals surface area contributed by atoms with Crippen LogP contribution in [0.3, 0.4) is 0 Å². The van der Waals surface area contributed by atoms with Gasteiger partial charge < -0.3 is 35.8 Å². The second-order valence-corrected chi connectivity index (χ2v) is 8.01. The largest absolute Gasteiger partial charge is 0.491 e. The van der Waals surface area contributed by atoms with Gasteiger partial charge in [0.05, 0.1) is 22.3 Å². The minimum atomic E-state index is -0.293. The predicted octanol–water partition coefficient (Wildman–Crippen LogP) is 2.82. The number of fused-ring (bicyclic) bond motifs is 1. The second-order valence-electron chi connectivity index (χ2n) is 8.01. The molecular weight excluding hydrogens is 396 g/mol. The van der Waals surface area contributed by atoms with Crippen molar-refractivity contribution >= 4 is 45.3 Å². The van der Waals surface area contributed by atoms with E-state index in [0.29, 0.717) is 24.3 Å². The minimum absolute atomic E-state index is 0.148. The van der Waals surface area contributed by atoms with Crippen LogP contribution in [0.2, 0.25) is 0 Å². The molecule has 9 heteroatoms. The van der Waals surface area contributed by atoms with E-state index in [0.717, 1.165) is 58.7 Å². The van der Waals surface area contributed by atoms with Crippen LogP contribution in [0.5, 0.6) is 5.75 Å². The highest BCUT2D eigenvalue weighted by atomic mass is 16.5. The van der Waals surface area contributed by atoms with Gasteiger partial charge >= 0.3 is 0 Å². The lowest BCUT2D eigenvalue weighted by Gasteiger charge is -2.25. The number of nitrogens with two attached hydrogens (primary N) is 2. The van der Waals surface area contributed by atoms with Gasteiger partial charge in [0.2, 0.25) is 5.91 Å². The Hall–Kier alpha value is -3.88. The molecule has 6 N–H and O–H groups in total. The Kier molecular flexibility index (Phi) is 3.80. The molecule has 9 nitrogen and oxygen atoms in total. The van der Waals surface area contributed by atoms with E-state index >= 15 is 0 Å². The van der Waals surface area contributed by atoms with Crippen LogP contribution in [-0.2, 0) is 4.79 Å². The average molecular weight is 418 g/mol. The summed E-state index contributed by atoms with van der Waals surface area (Å²) in [6, 6.07) is 9.74. The van der Waals surface area contributed by atoms with Gasteiger partial charge in [-0.2, -0.15) is 4.98 Å². The van der Waals surface area contributed by atoms with Crippen LogP contribution in [0, 0.1) is 0 Å². The number of benzene rings is 2. The van der Waals surface area contributed by atoms with Gasteiger partial charge in [-0.3, -0.25) is 4.79 Å². The fourth-order valence-electron chi connectivity index (χ4n) is 4.76.